The van der Waals surface area contributed by atoms with Gasteiger partial charge in [-0.3, -0.25) is 9.88 Å². The molecule has 88 valence electrons. The van der Waals surface area contributed by atoms with Gasteiger partial charge in [0.25, 0.3) is 0 Å². The van der Waals surface area contributed by atoms with Crippen LogP contribution in [-0.4, -0.2) is 35.1 Å². The zero-order chi connectivity index (χ0) is 10.8. The Bertz CT molecular complexity index is 325. The lowest BCUT2D eigenvalue weighted by atomic mass is 9.99. The van der Waals surface area contributed by atoms with Gasteiger partial charge in [-0.1, -0.05) is 6.42 Å². The molecule has 2 fully saturated rings. The standard InChI is InChI=1S/C12H19N3S/c1-2-5-15-6-4-11(12(15)3-1)14-8-10-7-13-9-16-10/h7,9,11-12,14H,1-6,8H2. The predicted molar refractivity (Wildman–Crippen MR) is 66.6 cm³/mol. The highest BCUT2D eigenvalue weighted by atomic mass is 32.1. The van der Waals surface area contributed by atoms with E-state index < -0.39 is 0 Å². The molecule has 0 bridgehead atoms. The number of fused-ring (bicyclic) bond motifs is 1. The molecule has 1 aromatic rings. The van der Waals surface area contributed by atoms with Crippen molar-refractivity contribution in [2.24, 2.45) is 0 Å². The Morgan fingerprint density at radius 3 is 3.25 bits per heavy atom. The molecule has 0 radical (unpaired) electrons. The number of piperidine rings is 1. The van der Waals surface area contributed by atoms with Crippen LogP contribution in [0.3, 0.4) is 0 Å². The molecule has 2 aliphatic heterocycles. The van der Waals surface area contributed by atoms with Crippen LogP contribution in [0.2, 0.25) is 0 Å². The van der Waals surface area contributed by atoms with Crippen LogP contribution in [0.4, 0.5) is 0 Å². The first-order valence-corrected chi connectivity index (χ1v) is 7.16. The lowest BCUT2D eigenvalue weighted by Crippen LogP contribution is -2.44. The van der Waals surface area contributed by atoms with Crippen LogP contribution in [-0.2, 0) is 6.54 Å². The molecule has 0 amide bonds. The molecule has 2 aliphatic rings. The van der Waals surface area contributed by atoms with Crippen molar-refractivity contribution >= 4 is 11.3 Å². The van der Waals surface area contributed by atoms with Gasteiger partial charge in [-0.05, 0) is 25.8 Å². The molecule has 2 unspecified atom stereocenters. The summed E-state index contributed by atoms with van der Waals surface area (Å²) in [6.07, 6.45) is 7.51. The molecule has 0 saturated carbocycles. The van der Waals surface area contributed by atoms with E-state index in [-0.39, 0.29) is 0 Å². The third-order valence-electron chi connectivity index (χ3n) is 3.88. The van der Waals surface area contributed by atoms with Gasteiger partial charge in [0.1, 0.15) is 0 Å². The molecular weight excluding hydrogens is 218 g/mol. The minimum absolute atomic E-state index is 0.711. The van der Waals surface area contributed by atoms with E-state index in [0.29, 0.717) is 6.04 Å². The maximum absolute atomic E-state index is 4.12. The van der Waals surface area contributed by atoms with Crippen LogP contribution >= 0.6 is 11.3 Å². The molecule has 1 aromatic heterocycles. The van der Waals surface area contributed by atoms with Crippen LogP contribution in [0.15, 0.2) is 11.7 Å². The third-order valence-corrected chi connectivity index (χ3v) is 4.66. The number of rotatable bonds is 3. The highest BCUT2D eigenvalue weighted by Gasteiger charge is 2.34. The normalized spacial score (nSPS) is 30.5. The lowest BCUT2D eigenvalue weighted by Gasteiger charge is -2.32. The summed E-state index contributed by atoms with van der Waals surface area (Å²) in [6, 6.07) is 1.52. The molecule has 3 heterocycles. The van der Waals surface area contributed by atoms with Crippen molar-refractivity contribution < 1.29 is 0 Å². The molecule has 3 nitrogen and oxygen atoms in total. The first-order valence-electron chi connectivity index (χ1n) is 6.28. The number of nitrogens with one attached hydrogen (secondary N) is 1. The average molecular weight is 237 g/mol. The summed E-state index contributed by atoms with van der Waals surface area (Å²) in [5, 5.41) is 3.71. The van der Waals surface area contributed by atoms with E-state index >= 15 is 0 Å². The van der Waals surface area contributed by atoms with E-state index in [1.165, 1.54) is 43.6 Å². The van der Waals surface area contributed by atoms with Gasteiger partial charge in [-0.2, -0.15) is 0 Å². The Balaban J connectivity index is 1.55. The van der Waals surface area contributed by atoms with Gasteiger partial charge in [0.15, 0.2) is 0 Å². The smallest absolute Gasteiger partial charge is 0.0794 e. The molecule has 0 aromatic carbocycles. The Labute approximate surface area is 101 Å². The Morgan fingerprint density at radius 2 is 2.38 bits per heavy atom. The SMILES string of the molecule is c1ncc(CNC2CCN3CCCCC23)s1. The largest absolute Gasteiger partial charge is 0.307 e. The summed E-state index contributed by atoms with van der Waals surface area (Å²) < 4.78 is 0. The van der Waals surface area contributed by atoms with Crippen molar-refractivity contribution in [3.05, 3.63) is 16.6 Å². The fourth-order valence-corrected chi connectivity index (χ4v) is 3.59. The molecule has 16 heavy (non-hydrogen) atoms. The summed E-state index contributed by atoms with van der Waals surface area (Å²) in [6.45, 7) is 3.62. The molecule has 0 spiro atoms. The topological polar surface area (TPSA) is 28.2 Å². The summed E-state index contributed by atoms with van der Waals surface area (Å²) >= 11 is 1.75. The molecule has 0 aliphatic carbocycles. The Hall–Kier alpha value is -0.450. The number of hydrogen-bond acceptors (Lipinski definition) is 4. The minimum Gasteiger partial charge on any atom is -0.307 e. The summed E-state index contributed by atoms with van der Waals surface area (Å²) in [5.41, 5.74) is 1.92. The maximum Gasteiger partial charge on any atom is 0.0794 e. The van der Waals surface area contributed by atoms with Crippen molar-refractivity contribution in [1.82, 2.24) is 15.2 Å². The van der Waals surface area contributed by atoms with Crippen LogP contribution in [0.25, 0.3) is 0 Å². The Kier molecular flexibility index (Phi) is 3.22. The van der Waals surface area contributed by atoms with E-state index in [1.807, 2.05) is 11.7 Å². The van der Waals surface area contributed by atoms with E-state index in [9.17, 15) is 0 Å². The molecule has 4 heteroatoms. The second-order valence-corrected chi connectivity index (χ2v) is 5.81. The maximum atomic E-state index is 4.12. The summed E-state index contributed by atoms with van der Waals surface area (Å²) in [7, 11) is 0. The van der Waals surface area contributed by atoms with Gasteiger partial charge in [0.05, 0.1) is 5.51 Å². The third kappa shape index (κ3) is 2.14. The van der Waals surface area contributed by atoms with Crippen molar-refractivity contribution in [1.29, 1.82) is 0 Å². The summed E-state index contributed by atoms with van der Waals surface area (Å²) in [5.74, 6) is 0. The molecule has 3 rings (SSSR count). The minimum atomic E-state index is 0.711. The van der Waals surface area contributed by atoms with Crippen molar-refractivity contribution in [2.45, 2.75) is 44.3 Å². The van der Waals surface area contributed by atoms with Crippen LogP contribution in [0, 0.1) is 0 Å². The van der Waals surface area contributed by atoms with Gasteiger partial charge < -0.3 is 5.32 Å². The molecule has 2 saturated heterocycles. The van der Waals surface area contributed by atoms with Crippen LogP contribution < -0.4 is 5.32 Å². The highest BCUT2D eigenvalue weighted by molar-refractivity contribution is 7.09. The van der Waals surface area contributed by atoms with E-state index in [1.54, 1.807) is 11.3 Å². The number of hydrogen-bond donors (Lipinski definition) is 1. The number of nitrogens with zero attached hydrogens (tertiary/aromatic N) is 2. The van der Waals surface area contributed by atoms with Gasteiger partial charge in [0, 0.05) is 36.2 Å². The van der Waals surface area contributed by atoms with Crippen LogP contribution in [0.1, 0.15) is 30.6 Å². The van der Waals surface area contributed by atoms with Crippen molar-refractivity contribution in [2.75, 3.05) is 13.1 Å². The van der Waals surface area contributed by atoms with E-state index in [2.05, 4.69) is 15.2 Å². The van der Waals surface area contributed by atoms with Crippen molar-refractivity contribution in [3.63, 3.8) is 0 Å². The number of aromatic nitrogens is 1. The molecule has 1 N–H and O–H groups in total. The average Bonchev–Trinajstić information content (AvgIpc) is 2.96. The zero-order valence-electron chi connectivity index (χ0n) is 9.56. The quantitative estimate of drug-likeness (QED) is 0.870. The van der Waals surface area contributed by atoms with Crippen LogP contribution in [0.5, 0.6) is 0 Å². The first kappa shape index (κ1) is 10.7. The predicted octanol–water partition coefficient (Wildman–Crippen LogP) is 1.86. The number of thiazole rings is 1. The fourth-order valence-electron chi connectivity index (χ4n) is 3.05. The summed E-state index contributed by atoms with van der Waals surface area (Å²) in [4.78, 5) is 8.15. The van der Waals surface area contributed by atoms with Gasteiger partial charge in [-0.15, -0.1) is 11.3 Å². The van der Waals surface area contributed by atoms with Crippen molar-refractivity contribution in [3.8, 4) is 0 Å². The van der Waals surface area contributed by atoms with E-state index in [0.717, 1.165) is 12.6 Å². The monoisotopic (exact) mass is 237 g/mol. The highest BCUT2D eigenvalue weighted by Crippen LogP contribution is 2.27. The first-order chi connectivity index (χ1) is 7.93. The fraction of sp³-hybridized carbons (Fsp3) is 0.750. The van der Waals surface area contributed by atoms with Gasteiger partial charge in [-0.25, -0.2) is 0 Å². The molecular formula is C12H19N3S. The van der Waals surface area contributed by atoms with Gasteiger partial charge >= 0.3 is 0 Å². The van der Waals surface area contributed by atoms with E-state index in [4.69, 9.17) is 0 Å². The molecule has 2 atom stereocenters. The Morgan fingerprint density at radius 1 is 1.38 bits per heavy atom. The van der Waals surface area contributed by atoms with Gasteiger partial charge in [0.2, 0.25) is 0 Å². The lowest BCUT2D eigenvalue weighted by molar-refractivity contribution is 0.180. The second kappa shape index (κ2) is 4.82. The zero-order valence-corrected chi connectivity index (χ0v) is 10.4. The second-order valence-electron chi connectivity index (χ2n) is 4.84.